The zero-order valence-electron chi connectivity index (χ0n) is 13.1. The molecule has 0 saturated carbocycles. The quantitative estimate of drug-likeness (QED) is 0.840. The van der Waals surface area contributed by atoms with Gasteiger partial charge in [-0.25, -0.2) is 8.42 Å². The van der Waals surface area contributed by atoms with Crippen molar-refractivity contribution in [2.45, 2.75) is 24.8 Å². The lowest BCUT2D eigenvalue weighted by molar-refractivity contribution is 0.0326. The van der Waals surface area contributed by atoms with Gasteiger partial charge in [0.25, 0.3) is 0 Å². The van der Waals surface area contributed by atoms with E-state index in [1.165, 1.54) is 0 Å². The van der Waals surface area contributed by atoms with Crippen molar-refractivity contribution >= 4 is 15.5 Å². The van der Waals surface area contributed by atoms with Crippen molar-refractivity contribution in [3.63, 3.8) is 0 Å². The molecule has 1 aliphatic heterocycles. The van der Waals surface area contributed by atoms with E-state index >= 15 is 0 Å². The van der Waals surface area contributed by atoms with Crippen molar-refractivity contribution in [1.29, 1.82) is 0 Å². The molecule has 124 valence electrons. The Balaban J connectivity index is 1.76. The van der Waals surface area contributed by atoms with E-state index in [2.05, 4.69) is 15.0 Å². The average molecular weight is 337 g/mol. The minimum Gasteiger partial charge on any atom is -0.366 e. The molecule has 2 aromatic rings. The number of hydrogen-bond acceptors (Lipinski definition) is 7. The third-order valence-corrected chi connectivity index (χ3v) is 5.59. The number of rotatable bonds is 4. The summed E-state index contributed by atoms with van der Waals surface area (Å²) in [7, 11) is -3.17. The summed E-state index contributed by atoms with van der Waals surface area (Å²) in [6.45, 7) is 5.26. The largest absolute Gasteiger partial charge is 0.366 e. The van der Waals surface area contributed by atoms with Crippen molar-refractivity contribution in [1.82, 2.24) is 10.1 Å². The highest BCUT2D eigenvalue weighted by Gasteiger charge is 2.26. The number of benzene rings is 1. The maximum atomic E-state index is 11.9. The predicted octanol–water partition coefficient (Wildman–Crippen LogP) is 1.75. The van der Waals surface area contributed by atoms with E-state index in [1.807, 2.05) is 12.1 Å². The van der Waals surface area contributed by atoms with Gasteiger partial charge in [-0.05, 0) is 24.3 Å². The molecule has 1 saturated heterocycles. The lowest BCUT2D eigenvalue weighted by atomic mass is 10.2. The lowest BCUT2D eigenvalue weighted by Crippen LogP contribution is -2.38. The van der Waals surface area contributed by atoms with Crippen LogP contribution in [0, 0.1) is 6.92 Å². The van der Waals surface area contributed by atoms with Gasteiger partial charge in [-0.1, -0.05) is 12.1 Å². The maximum absolute atomic E-state index is 11.9. The Morgan fingerprint density at radius 3 is 2.65 bits per heavy atom. The predicted molar refractivity (Wildman–Crippen MR) is 84.1 cm³/mol. The van der Waals surface area contributed by atoms with Crippen LogP contribution in [0.4, 0.5) is 5.69 Å². The van der Waals surface area contributed by atoms with Gasteiger partial charge >= 0.3 is 0 Å². The minimum atomic E-state index is -3.17. The molecule has 0 spiro atoms. The Bertz CT molecular complexity index is 770. The molecule has 1 aromatic heterocycles. The normalized spacial score (nSPS) is 19.0. The zero-order valence-corrected chi connectivity index (χ0v) is 13.9. The molecule has 0 bridgehead atoms. The molecule has 2 heterocycles. The summed E-state index contributed by atoms with van der Waals surface area (Å²) in [5.74, 6) is 1.15. The number of morpholine rings is 1. The van der Waals surface area contributed by atoms with Crippen molar-refractivity contribution in [3.05, 3.63) is 36.0 Å². The average Bonchev–Trinajstić information content (AvgIpc) is 3.02. The molecular formula is C15H19N3O4S. The molecule has 0 unspecified atom stereocenters. The van der Waals surface area contributed by atoms with Gasteiger partial charge in [-0.2, -0.15) is 4.98 Å². The third kappa shape index (κ3) is 3.37. The SMILES string of the molecule is CCS(=O)(=O)c1ccc(N2CCO[C@H](c3noc(C)n3)C2)cc1. The van der Waals surface area contributed by atoms with E-state index in [0.717, 1.165) is 12.2 Å². The first-order valence-corrected chi connectivity index (χ1v) is 9.14. The molecule has 8 heteroatoms. The second kappa shape index (κ2) is 6.29. The molecule has 1 aromatic carbocycles. The highest BCUT2D eigenvalue weighted by molar-refractivity contribution is 7.91. The Kier molecular flexibility index (Phi) is 4.36. The van der Waals surface area contributed by atoms with Crippen molar-refractivity contribution in [2.24, 2.45) is 0 Å². The number of hydrogen-bond donors (Lipinski definition) is 0. The Labute approximate surface area is 135 Å². The molecule has 1 aliphatic rings. The number of aryl methyl sites for hydroxylation is 1. The first-order chi connectivity index (χ1) is 11.0. The number of ether oxygens (including phenoxy) is 1. The van der Waals surface area contributed by atoms with Crippen LogP contribution in [0.5, 0.6) is 0 Å². The Morgan fingerprint density at radius 2 is 2.04 bits per heavy atom. The molecule has 7 nitrogen and oxygen atoms in total. The fourth-order valence-electron chi connectivity index (χ4n) is 2.52. The number of aromatic nitrogens is 2. The number of sulfone groups is 1. The third-order valence-electron chi connectivity index (χ3n) is 3.84. The van der Waals surface area contributed by atoms with E-state index in [-0.39, 0.29) is 11.9 Å². The summed E-state index contributed by atoms with van der Waals surface area (Å²) < 4.78 is 34.4. The van der Waals surface area contributed by atoms with Gasteiger partial charge in [0.15, 0.2) is 9.84 Å². The van der Waals surface area contributed by atoms with E-state index in [0.29, 0.717) is 29.8 Å². The molecule has 3 rings (SSSR count). The van der Waals surface area contributed by atoms with Gasteiger partial charge in [0.05, 0.1) is 23.8 Å². The monoisotopic (exact) mass is 337 g/mol. The Morgan fingerprint density at radius 1 is 1.30 bits per heavy atom. The van der Waals surface area contributed by atoms with Crippen molar-refractivity contribution < 1.29 is 17.7 Å². The minimum absolute atomic E-state index is 0.100. The van der Waals surface area contributed by atoms with Gasteiger partial charge in [0.1, 0.15) is 6.10 Å². The summed E-state index contributed by atoms with van der Waals surface area (Å²) in [6.07, 6.45) is -0.250. The topological polar surface area (TPSA) is 85.5 Å². The summed E-state index contributed by atoms with van der Waals surface area (Å²) in [6, 6.07) is 6.95. The first kappa shape index (κ1) is 15.9. The van der Waals surface area contributed by atoms with Crippen LogP contribution in [-0.4, -0.2) is 44.0 Å². The van der Waals surface area contributed by atoms with E-state index in [1.54, 1.807) is 26.0 Å². The molecule has 23 heavy (non-hydrogen) atoms. The number of anilines is 1. The molecule has 0 amide bonds. The fraction of sp³-hybridized carbons (Fsp3) is 0.467. The van der Waals surface area contributed by atoms with Crippen LogP contribution in [-0.2, 0) is 14.6 Å². The molecule has 1 fully saturated rings. The van der Waals surface area contributed by atoms with E-state index < -0.39 is 9.84 Å². The fourth-order valence-corrected chi connectivity index (χ4v) is 3.40. The molecule has 0 radical (unpaired) electrons. The van der Waals surface area contributed by atoms with Gasteiger partial charge in [0, 0.05) is 19.2 Å². The summed E-state index contributed by atoms with van der Waals surface area (Å²) >= 11 is 0. The van der Waals surface area contributed by atoms with Gasteiger partial charge in [-0.3, -0.25) is 0 Å². The van der Waals surface area contributed by atoms with Crippen LogP contribution >= 0.6 is 0 Å². The summed E-state index contributed by atoms with van der Waals surface area (Å²) in [5, 5.41) is 3.91. The molecular weight excluding hydrogens is 318 g/mol. The highest BCUT2D eigenvalue weighted by Crippen LogP contribution is 2.25. The maximum Gasteiger partial charge on any atom is 0.223 e. The van der Waals surface area contributed by atoms with Crippen LogP contribution in [0.15, 0.2) is 33.7 Å². The van der Waals surface area contributed by atoms with Crippen LogP contribution < -0.4 is 4.90 Å². The molecule has 0 aliphatic carbocycles. The summed E-state index contributed by atoms with van der Waals surface area (Å²) in [5.41, 5.74) is 0.952. The highest BCUT2D eigenvalue weighted by atomic mass is 32.2. The van der Waals surface area contributed by atoms with E-state index in [9.17, 15) is 8.42 Å². The van der Waals surface area contributed by atoms with E-state index in [4.69, 9.17) is 9.26 Å². The van der Waals surface area contributed by atoms with Gasteiger partial charge in [0.2, 0.25) is 11.7 Å². The zero-order chi connectivity index (χ0) is 16.4. The van der Waals surface area contributed by atoms with Crippen LogP contribution in [0.3, 0.4) is 0 Å². The summed E-state index contributed by atoms with van der Waals surface area (Å²) in [4.78, 5) is 6.69. The second-order valence-corrected chi connectivity index (χ2v) is 7.65. The standard InChI is InChI=1S/C15H19N3O4S/c1-3-23(19,20)13-6-4-12(5-7-13)18-8-9-21-14(10-18)15-16-11(2)22-17-15/h4-7,14H,3,8-10H2,1-2H3/t14-/m0/s1. The van der Waals surface area contributed by atoms with Gasteiger partial charge < -0.3 is 14.2 Å². The smallest absolute Gasteiger partial charge is 0.223 e. The molecule has 0 N–H and O–H groups in total. The van der Waals surface area contributed by atoms with Gasteiger partial charge in [-0.15, -0.1) is 0 Å². The number of nitrogens with zero attached hydrogens (tertiary/aromatic N) is 3. The van der Waals surface area contributed by atoms with Crippen LogP contribution in [0.1, 0.15) is 24.7 Å². The van der Waals surface area contributed by atoms with Crippen molar-refractivity contribution in [3.8, 4) is 0 Å². The second-order valence-electron chi connectivity index (χ2n) is 5.37. The lowest BCUT2D eigenvalue weighted by Gasteiger charge is -2.33. The van der Waals surface area contributed by atoms with Crippen LogP contribution in [0.2, 0.25) is 0 Å². The first-order valence-electron chi connectivity index (χ1n) is 7.49. The van der Waals surface area contributed by atoms with Crippen molar-refractivity contribution in [2.75, 3.05) is 30.3 Å². The molecule has 1 atom stereocenters. The Hall–Kier alpha value is -1.93. The van der Waals surface area contributed by atoms with Crippen LogP contribution in [0.25, 0.3) is 0 Å².